The van der Waals surface area contributed by atoms with Crippen molar-refractivity contribution < 1.29 is 14.6 Å². The van der Waals surface area contributed by atoms with Crippen LogP contribution in [0.5, 0.6) is 0 Å². The van der Waals surface area contributed by atoms with E-state index >= 15 is 0 Å². The average Bonchev–Trinajstić information content (AvgIpc) is 2.51. The van der Waals surface area contributed by atoms with Crippen LogP contribution >= 0.6 is 0 Å². The van der Waals surface area contributed by atoms with E-state index in [1.165, 1.54) is 11.1 Å². The molecule has 3 atom stereocenters. The summed E-state index contributed by atoms with van der Waals surface area (Å²) in [5, 5.41) is 9.82. The maximum absolute atomic E-state index is 12.3. The van der Waals surface area contributed by atoms with E-state index in [4.69, 9.17) is 4.74 Å². The zero-order valence-electron chi connectivity index (χ0n) is 14.7. The molecule has 0 aromatic heterocycles. The smallest absolute Gasteiger partial charge is 0.309 e. The van der Waals surface area contributed by atoms with Gasteiger partial charge in [0.25, 0.3) is 0 Å². The lowest BCUT2D eigenvalue weighted by Gasteiger charge is -2.37. The van der Waals surface area contributed by atoms with Gasteiger partial charge in [0, 0.05) is 5.92 Å². The summed E-state index contributed by atoms with van der Waals surface area (Å²) in [6, 6.07) is 0. The summed E-state index contributed by atoms with van der Waals surface area (Å²) >= 11 is 0. The van der Waals surface area contributed by atoms with E-state index in [-0.39, 0.29) is 23.7 Å². The van der Waals surface area contributed by atoms with Crippen LogP contribution in [-0.4, -0.2) is 23.3 Å². The number of aliphatic hydroxyl groups is 1. The summed E-state index contributed by atoms with van der Waals surface area (Å²) in [7, 11) is 0. The van der Waals surface area contributed by atoms with E-state index in [2.05, 4.69) is 19.6 Å². The number of hydrogen-bond donors (Lipinski definition) is 1. The number of fused-ring (bicyclic) bond motifs is 1. The van der Waals surface area contributed by atoms with Crippen LogP contribution in [0.4, 0.5) is 0 Å². The quantitative estimate of drug-likeness (QED) is 0.627. The molecule has 128 valence electrons. The van der Waals surface area contributed by atoms with Gasteiger partial charge in [0.05, 0.1) is 18.1 Å². The molecule has 1 heterocycles. The maximum Gasteiger partial charge on any atom is 0.309 e. The Morgan fingerprint density at radius 3 is 2.87 bits per heavy atom. The topological polar surface area (TPSA) is 46.5 Å². The van der Waals surface area contributed by atoms with Crippen molar-refractivity contribution >= 4 is 5.97 Å². The lowest BCUT2D eigenvalue weighted by molar-refractivity contribution is -0.160. The van der Waals surface area contributed by atoms with E-state index in [1.807, 2.05) is 6.08 Å². The zero-order chi connectivity index (χ0) is 17.0. The molecular formula is C20H30O3. The normalized spacial score (nSPS) is 30.1. The van der Waals surface area contributed by atoms with Crippen molar-refractivity contribution in [2.45, 2.75) is 58.5 Å². The van der Waals surface area contributed by atoms with Crippen molar-refractivity contribution in [2.75, 3.05) is 6.61 Å². The summed E-state index contributed by atoms with van der Waals surface area (Å²) in [5.41, 5.74) is 1.77. The molecule has 3 nitrogen and oxygen atoms in total. The number of carbonyl (C=O) groups is 1. The molecule has 3 heteroatoms. The predicted octanol–water partition coefficient (Wildman–Crippen LogP) is 4.19. The second kappa shape index (κ2) is 7.48. The van der Waals surface area contributed by atoms with Gasteiger partial charge in [0.15, 0.2) is 0 Å². The third kappa shape index (κ3) is 5.07. The first-order chi connectivity index (χ1) is 10.8. The monoisotopic (exact) mass is 318 g/mol. The van der Waals surface area contributed by atoms with Gasteiger partial charge in [0.2, 0.25) is 0 Å². The predicted molar refractivity (Wildman–Crippen MR) is 92.8 cm³/mol. The van der Waals surface area contributed by atoms with Crippen molar-refractivity contribution in [3.63, 3.8) is 0 Å². The SMILES string of the molecule is C=C1CCC=C(C)CCC2C1COC(=O)C2CC=CC(C)(C)O. The highest BCUT2D eigenvalue weighted by atomic mass is 16.5. The Labute approximate surface area is 140 Å². The van der Waals surface area contributed by atoms with Crippen LogP contribution in [-0.2, 0) is 9.53 Å². The lowest BCUT2D eigenvalue weighted by atomic mass is 9.72. The molecule has 2 rings (SSSR count). The summed E-state index contributed by atoms with van der Waals surface area (Å²) in [4.78, 5) is 12.3. The number of esters is 1. The van der Waals surface area contributed by atoms with Crippen LogP contribution in [0.1, 0.15) is 52.9 Å². The Morgan fingerprint density at radius 1 is 1.43 bits per heavy atom. The second-order valence-electron chi connectivity index (χ2n) is 7.58. The first-order valence-corrected chi connectivity index (χ1v) is 8.68. The minimum atomic E-state index is -0.848. The van der Waals surface area contributed by atoms with Gasteiger partial charge < -0.3 is 9.84 Å². The molecule has 0 radical (unpaired) electrons. The fourth-order valence-corrected chi connectivity index (χ4v) is 3.64. The van der Waals surface area contributed by atoms with Crippen molar-refractivity contribution in [1.29, 1.82) is 0 Å². The maximum atomic E-state index is 12.3. The van der Waals surface area contributed by atoms with Gasteiger partial charge in [-0.1, -0.05) is 36.0 Å². The Bertz CT molecular complexity index is 507. The van der Waals surface area contributed by atoms with E-state index in [0.29, 0.717) is 13.0 Å². The summed E-state index contributed by atoms with van der Waals surface area (Å²) < 4.78 is 5.46. The molecule has 3 unspecified atom stereocenters. The van der Waals surface area contributed by atoms with Crippen molar-refractivity contribution in [3.05, 3.63) is 36.0 Å². The fourth-order valence-electron chi connectivity index (χ4n) is 3.64. The van der Waals surface area contributed by atoms with Gasteiger partial charge in [-0.15, -0.1) is 0 Å². The highest BCUT2D eigenvalue weighted by molar-refractivity contribution is 5.74. The molecule has 1 aliphatic heterocycles. The van der Waals surface area contributed by atoms with Crippen molar-refractivity contribution in [2.24, 2.45) is 17.8 Å². The molecule has 0 amide bonds. The summed E-state index contributed by atoms with van der Waals surface area (Å²) in [6.07, 6.45) is 10.7. The van der Waals surface area contributed by atoms with Crippen molar-refractivity contribution in [3.8, 4) is 0 Å². The van der Waals surface area contributed by atoms with Crippen LogP contribution in [0, 0.1) is 17.8 Å². The molecule has 0 aromatic rings. The molecule has 1 fully saturated rings. The number of cyclic esters (lactones) is 1. The number of hydrogen-bond acceptors (Lipinski definition) is 3. The molecule has 0 spiro atoms. The lowest BCUT2D eigenvalue weighted by Crippen LogP contribution is -2.40. The number of rotatable bonds is 3. The number of carbonyl (C=O) groups excluding carboxylic acids is 1. The largest absolute Gasteiger partial charge is 0.465 e. The zero-order valence-corrected chi connectivity index (χ0v) is 14.7. The van der Waals surface area contributed by atoms with Gasteiger partial charge in [-0.2, -0.15) is 0 Å². The molecule has 0 saturated carbocycles. The van der Waals surface area contributed by atoms with E-state index in [1.54, 1.807) is 19.9 Å². The molecule has 23 heavy (non-hydrogen) atoms. The highest BCUT2D eigenvalue weighted by Crippen LogP contribution is 2.40. The number of allylic oxidation sites excluding steroid dienone is 3. The minimum Gasteiger partial charge on any atom is -0.465 e. The van der Waals surface area contributed by atoms with Crippen LogP contribution < -0.4 is 0 Å². The van der Waals surface area contributed by atoms with Gasteiger partial charge in [0.1, 0.15) is 0 Å². The second-order valence-corrected chi connectivity index (χ2v) is 7.58. The van der Waals surface area contributed by atoms with E-state index in [9.17, 15) is 9.90 Å². The standard InChI is InChI=1S/C20H30O3/c1-14-7-5-8-15(2)18-13-23-19(21)17(16(18)11-10-14)9-6-12-20(3,4)22/h6-7,12,16-18,22H,2,5,8-11,13H2,1,3-4H3. The number of ether oxygens (including phenoxy) is 1. The first kappa shape index (κ1) is 18.0. The average molecular weight is 318 g/mol. The van der Waals surface area contributed by atoms with Gasteiger partial charge >= 0.3 is 5.97 Å². The third-order valence-electron chi connectivity index (χ3n) is 5.01. The van der Waals surface area contributed by atoms with Gasteiger partial charge in [-0.25, -0.2) is 0 Å². The fraction of sp³-hybridized carbons (Fsp3) is 0.650. The molecule has 2 aliphatic rings. The van der Waals surface area contributed by atoms with Gasteiger partial charge in [-0.3, -0.25) is 4.79 Å². The molecule has 1 aliphatic carbocycles. The van der Waals surface area contributed by atoms with Crippen LogP contribution in [0.3, 0.4) is 0 Å². The molecular weight excluding hydrogens is 288 g/mol. The Kier molecular flexibility index (Phi) is 5.85. The Balaban J connectivity index is 2.17. The van der Waals surface area contributed by atoms with E-state index in [0.717, 1.165) is 25.7 Å². The van der Waals surface area contributed by atoms with Gasteiger partial charge in [-0.05, 0) is 58.8 Å². The van der Waals surface area contributed by atoms with E-state index < -0.39 is 5.60 Å². The van der Waals surface area contributed by atoms with Crippen molar-refractivity contribution in [1.82, 2.24) is 0 Å². The Hall–Kier alpha value is -1.35. The molecule has 0 bridgehead atoms. The minimum absolute atomic E-state index is 0.0969. The Morgan fingerprint density at radius 2 is 2.17 bits per heavy atom. The third-order valence-corrected chi connectivity index (χ3v) is 5.01. The molecule has 0 aromatic carbocycles. The highest BCUT2D eigenvalue weighted by Gasteiger charge is 2.40. The summed E-state index contributed by atoms with van der Waals surface area (Å²) in [5.74, 6) is 0.333. The summed E-state index contributed by atoms with van der Waals surface area (Å²) in [6.45, 7) is 10.4. The van der Waals surface area contributed by atoms with Crippen LogP contribution in [0.2, 0.25) is 0 Å². The first-order valence-electron chi connectivity index (χ1n) is 8.68. The molecule has 1 N–H and O–H groups in total. The van der Waals surface area contributed by atoms with Crippen LogP contribution in [0.15, 0.2) is 36.0 Å². The molecule has 1 saturated heterocycles. The van der Waals surface area contributed by atoms with Crippen LogP contribution in [0.25, 0.3) is 0 Å².